The summed E-state index contributed by atoms with van der Waals surface area (Å²) in [5, 5.41) is 0. The van der Waals surface area contributed by atoms with Crippen molar-refractivity contribution >= 4 is 0 Å². The van der Waals surface area contributed by atoms with E-state index in [0.717, 1.165) is 57.3 Å². The highest BCUT2D eigenvalue weighted by Gasteiger charge is 2.15. The van der Waals surface area contributed by atoms with E-state index in [2.05, 4.69) is 42.0 Å². The number of nitrogens with zero attached hydrogens (tertiary/aromatic N) is 2. The highest BCUT2D eigenvalue weighted by molar-refractivity contribution is 5.43. The molecule has 4 heteroatoms. The summed E-state index contributed by atoms with van der Waals surface area (Å²) in [6.07, 6.45) is 4.88. The van der Waals surface area contributed by atoms with Crippen LogP contribution in [0.1, 0.15) is 38.2 Å². The van der Waals surface area contributed by atoms with E-state index in [1.165, 1.54) is 24.8 Å². The summed E-state index contributed by atoms with van der Waals surface area (Å²) < 4.78 is 11.4. The fourth-order valence-electron chi connectivity index (χ4n) is 2.90. The summed E-state index contributed by atoms with van der Waals surface area (Å²) in [6, 6.07) is 6.35. The zero-order valence-electron chi connectivity index (χ0n) is 15.0. The Labute approximate surface area is 141 Å². The van der Waals surface area contributed by atoms with Crippen molar-refractivity contribution in [1.82, 2.24) is 9.80 Å². The van der Waals surface area contributed by atoms with Crippen LogP contribution in [-0.2, 0) is 6.54 Å². The Morgan fingerprint density at radius 3 is 2.48 bits per heavy atom. The number of hydrogen-bond donors (Lipinski definition) is 0. The number of piperazine rings is 1. The van der Waals surface area contributed by atoms with Gasteiger partial charge in [-0.25, -0.2) is 0 Å². The zero-order chi connectivity index (χ0) is 16.5. The van der Waals surface area contributed by atoms with Crippen LogP contribution in [0.25, 0.3) is 0 Å². The van der Waals surface area contributed by atoms with Gasteiger partial charge >= 0.3 is 0 Å². The Morgan fingerprint density at radius 1 is 1.00 bits per heavy atom. The minimum atomic E-state index is 0.772. The molecule has 0 radical (unpaired) electrons. The maximum Gasteiger partial charge on any atom is 0.161 e. The molecule has 1 heterocycles. The molecule has 23 heavy (non-hydrogen) atoms. The largest absolute Gasteiger partial charge is 0.493 e. The van der Waals surface area contributed by atoms with Crippen molar-refractivity contribution in [2.24, 2.45) is 0 Å². The van der Waals surface area contributed by atoms with E-state index in [4.69, 9.17) is 9.47 Å². The standard InChI is InChI=1S/C19H32N2O2/c1-4-5-6-7-14-23-18-9-8-17(15-19(18)22-3)16-21-12-10-20(2)11-13-21/h8-9,15H,4-7,10-14,16H2,1-3H3. The highest BCUT2D eigenvalue weighted by atomic mass is 16.5. The number of methoxy groups -OCH3 is 1. The van der Waals surface area contributed by atoms with Crippen molar-refractivity contribution in [3.05, 3.63) is 23.8 Å². The summed E-state index contributed by atoms with van der Waals surface area (Å²) in [5.74, 6) is 1.72. The van der Waals surface area contributed by atoms with Crippen LogP contribution >= 0.6 is 0 Å². The van der Waals surface area contributed by atoms with E-state index in [1.54, 1.807) is 7.11 Å². The van der Waals surface area contributed by atoms with Crippen LogP contribution in [0.15, 0.2) is 18.2 Å². The van der Waals surface area contributed by atoms with Crippen molar-refractivity contribution < 1.29 is 9.47 Å². The van der Waals surface area contributed by atoms with Gasteiger partial charge in [0.15, 0.2) is 11.5 Å². The number of rotatable bonds is 9. The normalized spacial score (nSPS) is 16.5. The minimum absolute atomic E-state index is 0.772. The molecule has 0 amide bonds. The lowest BCUT2D eigenvalue weighted by molar-refractivity contribution is 0.148. The monoisotopic (exact) mass is 320 g/mol. The smallest absolute Gasteiger partial charge is 0.161 e. The van der Waals surface area contributed by atoms with Crippen LogP contribution in [-0.4, -0.2) is 56.7 Å². The van der Waals surface area contributed by atoms with Gasteiger partial charge in [-0.1, -0.05) is 32.3 Å². The fraction of sp³-hybridized carbons (Fsp3) is 0.684. The third kappa shape index (κ3) is 6.04. The third-order valence-electron chi connectivity index (χ3n) is 4.49. The number of ether oxygens (including phenoxy) is 2. The summed E-state index contributed by atoms with van der Waals surface area (Å²) in [6.45, 7) is 8.55. The average Bonchev–Trinajstić information content (AvgIpc) is 2.57. The summed E-state index contributed by atoms with van der Waals surface area (Å²) in [5.41, 5.74) is 1.30. The first-order chi connectivity index (χ1) is 11.2. The van der Waals surface area contributed by atoms with Gasteiger partial charge < -0.3 is 14.4 Å². The third-order valence-corrected chi connectivity index (χ3v) is 4.49. The molecule has 4 nitrogen and oxygen atoms in total. The molecule has 130 valence electrons. The van der Waals surface area contributed by atoms with E-state index in [9.17, 15) is 0 Å². The maximum absolute atomic E-state index is 5.89. The van der Waals surface area contributed by atoms with Crippen LogP contribution in [0.4, 0.5) is 0 Å². The summed E-state index contributed by atoms with van der Waals surface area (Å²) in [7, 11) is 3.91. The first kappa shape index (κ1) is 18.1. The lowest BCUT2D eigenvalue weighted by Crippen LogP contribution is -2.43. The highest BCUT2D eigenvalue weighted by Crippen LogP contribution is 2.29. The molecule has 0 aromatic heterocycles. The molecular weight excluding hydrogens is 288 g/mol. The molecule has 1 aromatic carbocycles. The van der Waals surface area contributed by atoms with Crippen LogP contribution in [0.2, 0.25) is 0 Å². The Balaban J connectivity index is 1.85. The predicted molar refractivity (Wildman–Crippen MR) is 95.4 cm³/mol. The minimum Gasteiger partial charge on any atom is -0.493 e. The van der Waals surface area contributed by atoms with Gasteiger partial charge in [-0.05, 0) is 31.2 Å². The fourth-order valence-corrected chi connectivity index (χ4v) is 2.90. The molecule has 0 atom stereocenters. The van der Waals surface area contributed by atoms with E-state index >= 15 is 0 Å². The molecule has 0 saturated carbocycles. The van der Waals surface area contributed by atoms with Gasteiger partial charge in [-0.3, -0.25) is 4.90 Å². The molecule has 1 fully saturated rings. The topological polar surface area (TPSA) is 24.9 Å². The van der Waals surface area contributed by atoms with Gasteiger partial charge in [0.05, 0.1) is 13.7 Å². The first-order valence-corrected chi connectivity index (χ1v) is 8.93. The van der Waals surface area contributed by atoms with Crippen molar-refractivity contribution in [1.29, 1.82) is 0 Å². The van der Waals surface area contributed by atoms with Crippen molar-refractivity contribution in [2.45, 2.75) is 39.2 Å². The maximum atomic E-state index is 5.89. The van der Waals surface area contributed by atoms with Gasteiger partial charge in [0, 0.05) is 32.7 Å². The Kier molecular flexibility index (Phi) is 7.69. The van der Waals surface area contributed by atoms with Crippen molar-refractivity contribution in [3.8, 4) is 11.5 Å². The SMILES string of the molecule is CCCCCCOc1ccc(CN2CCN(C)CC2)cc1OC. The Bertz CT molecular complexity index is 457. The van der Waals surface area contributed by atoms with Gasteiger partial charge in [0.25, 0.3) is 0 Å². The van der Waals surface area contributed by atoms with E-state index in [1.807, 2.05) is 0 Å². The quantitative estimate of drug-likeness (QED) is 0.651. The van der Waals surface area contributed by atoms with Gasteiger partial charge in [-0.15, -0.1) is 0 Å². The van der Waals surface area contributed by atoms with Crippen LogP contribution < -0.4 is 9.47 Å². The van der Waals surface area contributed by atoms with Crippen LogP contribution in [0, 0.1) is 0 Å². The average molecular weight is 320 g/mol. The van der Waals surface area contributed by atoms with Gasteiger partial charge in [0.2, 0.25) is 0 Å². The molecule has 1 aromatic rings. The molecule has 0 aliphatic carbocycles. The van der Waals surface area contributed by atoms with E-state index in [0.29, 0.717) is 0 Å². The summed E-state index contributed by atoms with van der Waals surface area (Å²) in [4.78, 5) is 4.88. The second-order valence-corrected chi connectivity index (χ2v) is 6.47. The lowest BCUT2D eigenvalue weighted by Gasteiger charge is -2.32. The van der Waals surface area contributed by atoms with Crippen LogP contribution in [0.3, 0.4) is 0 Å². The van der Waals surface area contributed by atoms with E-state index in [-0.39, 0.29) is 0 Å². The molecule has 1 aliphatic rings. The molecule has 0 bridgehead atoms. The molecule has 1 aliphatic heterocycles. The zero-order valence-corrected chi connectivity index (χ0v) is 15.0. The molecule has 1 saturated heterocycles. The van der Waals surface area contributed by atoms with E-state index < -0.39 is 0 Å². The van der Waals surface area contributed by atoms with Gasteiger partial charge in [0.1, 0.15) is 0 Å². The lowest BCUT2D eigenvalue weighted by atomic mass is 10.1. The second kappa shape index (κ2) is 9.78. The number of hydrogen-bond acceptors (Lipinski definition) is 4. The molecule has 2 rings (SSSR count). The number of unbranched alkanes of at least 4 members (excludes halogenated alkanes) is 3. The number of benzene rings is 1. The number of likely N-dealkylation sites (N-methyl/N-ethyl adjacent to an activating group) is 1. The molecule has 0 N–H and O–H groups in total. The second-order valence-electron chi connectivity index (χ2n) is 6.47. The Hall–Kier alpha value is -1.26. The first-order valence-electron chi connectivity index (χ1n) is 8.93. The molecule has 0 unspecified atom stereocenters. The Morgan fingerprint density at radius 2 is 1.78 bits per heavy atom. The predicted octanol–water partition coefficient (Wildman–Crippen LogP) is 3.40. The van der Waals surface area contributed by atoms with Crippen molar-refractivity contribution in [3.63, 3.8) is 0 Å². The van der Waals surface area contributed by atoms with Gasteiger partial charge in [-0.2, -0.15) is 0 Å². The summed E-state index contributed by atoms with van der Waals surface area (Å²) >= 11 is 0. The van der Waals surface area contributed by atoms with Crippen LogP contribution in [0.5, 0.6) is 11.5 Å². The molecule has 0 spiro atoms. The molecular formula is C19H32N2O2. The van der Waals surface area contributed by atoms with Crippen molar-refractivity contribution in [2.75, 3.05) is 46.9 Å².